The van der Waals surface area contributed by atoms with Crippen molar-refractivity contribution in [1.82, 2.24) is 9.66 Å². The largest absolute Gasteiger partial charge is 0.452 e. The number of nitrogens with zero attached hydrogens (tertiary/aromatic N) is 2. The summed E-state index contributed by atoms with van der Waals surface area (Å²) in [5.74, 6) is 0. The lowest BCUT2D eigenvalue weighted by atomic mass is 10.3. The van der Waals surface area contributed by atoms with E-state index in [2.05, 4.69) is 26.6 Å². The van der Waals surface area contributed by atoms with E-state index in [1.807, 2.05) is 24.3 Å². The maximum atomic E-state index is 11.2. The minimum Gasteiger partial charge on any atom is -0.452 e. The Morgan fingerprint density at radius 3 is 3.10 bits per heavy atom. The minimum absolute atomic E-state index is 0.527. The van der Waals surface area contributed by atoms with Crippen LogP contribution in [-0.2, 0) is 4.74 Å². The molecule has 0 unspecified atom stereocenters. The summed E-state index contributed by atoms with van der Waals surface area (Å²) in [6.45, 7) is 0. The molecule has 3 rings (SSSR count). The number of amides is 1. The number of ether oxygens (including phenoxy) is 1. The maximum absolute atomic E-state index is 11.2. The Kier molecular flexibility index (Phi) is 3.62. The zero-order valence-electron chi connectivity index (χ0n) is 10.6. The van der Waals surface area contributed by atoms with Crippen molar-refractivity contribution in [2.45, 2.75) is 9.10 Å². The van der Waals surface area contributed by atoms with Gasteiger partial charge in [-0.2, -0.15) is 0 Å². The normalized spacial score (nSPS) is 10.7. The lowest BCUT2D eigenvalue weighted by Gasteiger charge is -2.05. The predicted octanol–water partition coefficient (Wildman–Crippen LogP) is 3.56. The Hall–Kier alpha value is -1.99. The van der Waals surface area contributed by atoms with Crippen molar-refractivity contribution in [3.63, 3.8) is 0 Å². The molecule has 0 saturated heterocycles. The average Bonchev–Trinajstić information content (AvgIpc) is 3.09. The molecule has 102 valence electrons. The predicted molar refractivity (Wildman–Crippen MR) is 79.9 cm³/mol. The van der Waals surface area contributed by atoms with E-state index in [0.717, 1.165) is 15.9 Å². The van der Waals surface area contributed by atoms with E-state index >= 15 is 0 Å². The van der Waals surface area contributed by atoms with Gasteiger partial charge in [-0.1, -0.05) is 17.8 Å². The third-order valence-electron chi connectivity index (χ3n) is 2.63. The molecular formula is C13H11N3O2S2. The van der Waals surface area contributed by atoms with Crippen molar-refractivity contribution in [2.24, 2.45) is 0 Å². The number of methoxy groups -OCH3 is 1. The number of hydrogen-bond donors (Lipinski definition) is 1. The Bertz CT molecular complexity index is 737. The molecule has 3 aromatic rings. The molecule has 0 fully saturated rings. The van der Waals surface area contributed by atoms with Crippen LogP contribution in [0, 0.1) is 0 Å². The van der Waals surface area contributed by atoms with Gasteiger partial charge in [0.1, 0.15) is 6.33 Å². The van der Waals surface area contributed by atoms with E-state index < -0.39 is 6.09 Å². The highest BCUT2D eigenvalue weighted by atomic mass is 32.2. The monoisotopic (exact) mass is 305 g/mol. The standard InChI is InChI=1S/C13H11N3O2S2/c1-18-13(17)15-16-8-14-10-7-9(4-5-11(10)16)20-12-3-2-6-19-12/h2-8H,1H3,(H,15,17). The topological polar surface area (TPSA) is 56.1 Å². The van der Waals surface area contributed by atoms with Gasteiger partial charge in [-0.15, -0.1) is 11.3 Å². The molecule has 5 nitrogen and oxygen atoms in total. The number of aromatic nitrogens is 2. The van der Waals surface area contributed by atoms with Gasteiger partial charge < -0.3 is 4.74 Å². The Balaban J connectivity index is 1.87. The molecule has 0 aliphatic heterocycles. The van der Waals surface area contributed by atoms with Crippen molar-refractivity contribution in [1.29, 1.82) is 0 Å². The van der Waals surface area contributed by atoms with Gasteiger partial charge in [-0.25, -0.2) is 19.9 Å². The van der Waals surface area contributed by atoms with Crippen molar-refractivity contribution in [3.8, 4) is 0 Å². The van der Waals surface area contributed by atoms with Crippen LogP contribution in [-0.4, -0.2) is 22.9 Å². The van der Waals surface area contributed by atoms with Gasteiger partial charge in [-0.05, 0) is 29.6 Å². The SMILES string of the molecule is COC(=O)Nn1cnc2cc(Sc3cccs3)ccc21. The molecule has 1 N–H and O–H groups in total. The second kappa shape index (κ2) is 5.56. The summed E-state index contributed by atoms with van der Waals surface area (Å²) in [5.41, 5.74) is 4.22. The number of benzene rings is 1. The number of thiophene rings is 1. The van der Waals surface area contributed by atoms with Crippen molar-refractivity contribution >= 4 is 40.2 Å². The minimum atomic E-state index is -0.527. The summed E-state index contributed by atoms with van der Waals surface area (Å²) in [5, 5.41) is 2.05. The summed E-state index contributed by atoms with van der Waals surface area (Å²) < 4.78 is 7.34. The van der Waals surface area contributed by atoms with Crippen LogP contribution in [0.5, 0.6) is 0 Å². The molecule has 7 heteroatoms. The molecular weight excluding hydrogens is 294 g/mol. The van der Waals surface area contributed by atoms with Crippen LogP contribution in [0.25, 0.3) is 11.0 Å². The molecule has 1 aromatic carbocycles. The second-order valence-corrected chi connectivity index (χ2v) is 6.22. The lowest BCUT2D eigenvalue weighted by Crippen LogP contribution is -2.21. The van der Waals surface area contributed by atoms with E-state index in [-0.39, 0.29) is 0 Å². The number of rotatable bonds is 3. The quantitative estimate of drug-likeness (QED) is 0.804. The van der Waals surface area contributed by atoms with E-state index in [1.165, 1.54) is 11.3 Å². The van der Waals surface area contributed by atoms with E-state index in [1.54, 1.807) is 34.1 Å². The number of fused-ring (bicyclic) bond motifs is 1. The third kappa shape index (κ3) is 2.63. The van der Waals surface area contributed by atoms with Crippen LogP contribution < -0.4 is 5.43 Å². The summed E-state index contributed by atoms with van der Waals surface area (Å²) in [6.07, 6.45) is 1.03. The molecule has 1 amide bonds. The van der Waals surface area contributed by atoms with Gasteiger partial charge in [0.25, 0.3) is 0 Å². The van der Waals surface area contributed by atoms with Crippen LogP contribution in [0.15, 0.2) is 51.1 Å². The molecule has 2 aromatic heterocycles. The van der Waals surface area contributed by atoms with Crippen LogP contribution in [0.1, 0.15) is 0 Å². The first-order valence-electron chi connectivity index (χ1n) is 5.80. The first kappa shape index (κ1) is 13.0. The van der Waals surface area contributed by atoms with Crippen molar-refractivity contribution in [2.75, 3.05) is 12.5 Å². The average molecular weight is 305 g/mol. The summed E-state index contributed by atoms with van der Waals surface area (Å²) >= 11 is 3.40. The molecule has 0 aliphatic carbocycles. The fraction of sp³-hybridized carbons (Fsp3) is 0.0769. The zero-order valence-corrected chi connectivity index (χ0v) is 12.2. The van der Waals surface area contributed by atoms with Crippen LogP contribution in [0.3, 0.4) is 0 Å². The summed E-state index contributed by atoms with van der Waals surface area (Å²) in [6, 6.07) is 10.0. The lowest BCUT2D eigenvalue weighted by molar-refractivity contribution is 0.183. The van der Waals surface area contributed by atoms with E-state index in [4.69, 9.17) is 0 Å². The number of carbonyl (C=O) groups excluding carboxylic acids is 1. The third-order valence-corrected chi connectivity index (χ3v) is 4.66. The second-order valence-electron chi connectivity index (χ2n) is 3.90. The van der Waals surface area contributed by atoms with Gasteiger partial charge in [0.05, 0.1) is 22.4 Å². The first-order chi connectivity index (χ1) is 9.76. The van der Waals surface area contributed by atoms with Crippen LogP contribution in [0.2, 0.25) is 0 Å². The molecule has 0 spiro atoms. The van der Waals surface area contributed by atoms with Gasteiger partial charge in [0.15, 0.2) is 0 Å². The van der Waals surface area contributed by atoms with E-state index in [0.29, 0.717) is 0 Å². The fourth-order valence-corrected chi connectivity index (χ4v) is 3.51. The van der Waals surface area contributed by atoms with E-state index in [9.17, 15) is 4.79 Å². The molecule has 20 heavy (non-hydrogen) atoms. The Morgan fingerprint density at radius 1 is 1.45 bits per heavy atom. The van der Waals surface area contributed by atoms with Crippen molar-refractivity contribution in [3.05, 3.63) is 42.0 Å². The van der Waals surface area contributed by atoms with Gasteiger partial charge in [0.2, 0.25) is 0 Å². The van der Waals surface area contributed by atoms with Gasteiger partial charge >= 0.3 is 6.09 Å². The Labute approximate surface area is 123 Å². The molecule has 0 bridgehead atoms. The van der Waals surface area contributed by atoms with Crippen LogP contribution >= 0.6 is 23.1 Å². The van der Waals surface area contributed by atoms with Gasteiger partial charge in [-0.3, -0.25) is 0 Å². The number of imidazole rings is 1. The molecule has 0 aliphatic rings. The highest BCUT2D eigenvalue weighted by Crippen LogP contribution is 2.32. The first-order valence-corrected chi connectivity index (χ1v) is 7.49. The Morgan fingerprint density at radius 2 is 2.35 bits per heavy atom. The molecule has 0 saturated carbocycles. The van der Waals surface area contributed by atoms with Crippen LogP contribution in [0.4, 0.5) is 4.79 Å². The van der Waals surface area contributed by atoms with Gasteiger partial charge in [0, 0.05) is 4.90 Å². The smallest absolute Gasteiger partial charge is 0.426 e. The molecule has 0 radical (unpaired) electrons. The highest BCUT2D eigenvalue weighted by Gasteiger charge is 2.07. The number of carbonyl (C=O) groups is 1. The zero-order chi connectivity index (χ0) is 13.9. The molecule has 0 atom stereocenters. The van der Waals surface area contributed by atoms with Crippen molar-refractivity contribution < 1.29 is 9.53 Å². The highest BCUT2D eigenvalue weighted by molar-refractivity contribution is 8.01. The number of nitrogens with one attached hydrogen (secondary N) is 1. The summed E-state index contributed by atoms with van der Waals surface area (Å²) in [7, 11) is 1.32. The fourth-order valence-electron chi connectivity index (χ4n) is 1.73. The summed E-state index contributed by atoms with van der Waals surface area (Å²) in [4.78, 5) is 16.6. The number of hydrogen-bond acceptors (Lipinski definition) is 5. The molecule has 2 heterocycles. The maximum Gasteiger partial charge on any atom is 0.426 e.